The maximum atomic E-state index is 12.2. The predicted octanol–water partition coefficient (Wildman–Crippen LogP) is 2.78. The average molecular weight is 313 g/mol. The summed E-state index contributed by atoms with van der Waals surface area (Å²) in [7, 11) is 5.93. The van der Waals surface area contributed by atoms with Crippen molar-refractivity contribution in [3.8, 4) is 0 Å². The Labute approximate surface area is 118 Å². The molecule has 0 aliphatic rings. The molecule has 1 amide bonds. The van der Waals surface area contributed by atoms with Crippen molar-refractivity contribution in [3.63, 3.8) is 0 Å². The van der Waals surface area contributed by atoms with Crippen LogP contribution in [0.5, 0.6) is 0 Å². The first-order chi connectivity index (χ1) is 8.41. The highest BCUT2D eigenvalue weighted by Gasteiger charge is 2.14. The molecular weight excluding hydrogens is 292 g/mol. The van der Waals surface area contributed by atoms with Crippen LogP contribution in [-0.2, 0) is 0 Å². The van der Waals surface area contributed by atoms with Gasteiger partial charge < -0.3 is 9.80 Å². The summed E-state index contributed by atoms with van der Waals surface area (Å²) in [6.45, 7) is 3.78. The number of aryl methyl sites for hydroxylation is 1. The molecule has 0 aromatic heterocycles. The van der Waals surface area contributed by atoms with Crippen molar-refractivity contribution in [2.75, 3.05) is 34.2 Å². The van der Waals surface area contributed by atoms with E-state index in [0.29, 0.717) is 0 Å². The minimum absolute atomic E-state index is 0.0700. The van der Waals surface area contributed by atoms with E-state index in [-0.39, 0.29) is 5.91 Å². The quantitative estimate of drug-likeness (QED) is 0.834. The zero-order valence-corrected chi connectivity index (χ0v) is 13.1. The Morgan fingerprint density at radius 2 is 1.89 bits per heavy atom. The zero-order valence-electron chi connectivity index (χ0n) is 11.5. The molecule has 0 atom stereocenters. The van der Waals surface area contributed by atoms with Crippen LogP contribution in [0.1, 0.15) is 22.3 Å². The van der Waals surface area contributed by atoms with E-state index in [1.54, 1.807) is 4.90 Å². The highest BCUT2D eigenvalue weighted by Crippen LogP contribution is 2.19. The summed E-state index contributed by atoms with van der Waals surface area (Å²) < 4.78 is 0.868. The van der Waals surface area contributed by atoms with E-state index in [0.717, 1.165) is 35.1 Å². The first-order valence-corrected chi connectivity index (χ1v) is 6.87. The molecule has 1 rings (SSSR count). The van der Waals surface area contributed by atoms with Gasteiger partial charge in [0, 0.05) is 18.1 Å². The van der Waals surface area contributed by atoms with Gasteiger partial charge in [-0.2, -0.15) is 0 Å². The summed E-state index contributed by atoms with van der Waals surface area (Å²) in [6, 6.07) is 5.82. The number of rotatable bonds is 5. The Balaban J connectivity index is 2.63. The van der Waals surface area contributed by atoms with E-state index in [9.17, 15) is 4.79 Å². The van der Waals surface area contributed by atoms with Gasteiger partial charge >= 0.3 is 0 Å². The van der Waals surface area contributed by atoms with Crippen molar-refractivity contribution >= 4 is 21.8 Å². The summed E-state index contributed by atoms with van der Waals surface area (Å²) in [6.07, 6.45) is 0.985. The van der Waals surface area contributed by atoms with Gasteiger partial charge in [0.05, 0.1) is 5.56 Å². The van der Waals surface area contributed by atoms with Crippen LogP contribution in [0.2, 0.25) is 0 Å². The van der Waals surface area contributed by atoms with Crippen molar-refractivity contribution < 1.29 is 4.79 Å². The number of amides is 1. The molecule has 0 saturated carbocycles. The van der Waals surface area contributed by atoms with Gasteiger partial charge in [-0.15, -0.1) is 0 Å². The van der Waals surface area contributed by atoms with Crippen LogP contribution in [0, 0.1) is 6.92 Å². The Morgan fingerprint density at radius 1 is 1.22 bits per heavy atom. The fourth-order valence-electron chi connectivity index (χ4n) is 1.72. The SMILES string of the molecule is Cc1ccc(C(=O)N(C)CCCN(C)C)c(Br)c1. The Bertz CT molecular complexity index is 418. The van der Waals surface area contributed by atoms with Crippen LogP contribution in [0.25, 0.3) is 0 Å². The minimum atomic E-state index is 0.0700. The second kappa shape index (κ2) is 6.90. The summed E-state index contributed by atoms with van der Waals surface area (Å²) in [5.41, 5.74) is 1.88. The fourth-order valence-corrected chi connectivity index (χ4v) is 2.39. The zero-order chi connectivity index (χ0) is 13.7. The van der Waals surface area contributed by atoms with E-state index >= 15 is 0 Å². The molecule has 0 heterocycles. The molecule has 4 heteroatoms. The van der Waals surface area contributed by atoms with Crippen LogP contribution < -0.4 is 0 Å². The molecule has 0 aliphatic heterocycles. The van der Waals surface area contributed by atoms with Crippen molar-refractivity contribution in [1.29, 1.82) is 0 Å². The number of hydrogen-bond acceptors (Lipinski definition) is 2. The summed E-state index contributed by atoms with van der Waals surface area (Å²) in [4.78, 5) is 16.1. The van der Waals surface area contributed by atoms with Gasteiger partial charge in [0.15, 0.2) is 0 Å². The van der Waals surface area contributed by atoms with Crippen LogP contribution in [0.15, 0.2) is 22.7 Å². The highest BCUT2D eigenvalue weighted by atomic mass is 79.9. The maximum Gasteiger partial charge on any atom is 0.254 e. The van der Waals surface area contributed by atoms with Gasteiger partial charge in [-0.05, 0) is 67.6 Å². The third-order valence-corrected chi connectivity index (χ3v) is 3.46. The molecule has 0 saturated heterocycles. The molecule has 0 spiro atoms. The number of benzene rings is 1. The number of nitrogens with zero attached hydrogens (tertiary/aromatic N) is 2. The number of carbonyl (C=O) groups excluding carboxylic acids is 1. The standard InChI is InChI=1S/C14H21BrN2O/c1-11-6-7-12(13(15)10-11)14(18)17(4)9-5-8-16(2)3/h6-7,10H,5,8-9H2,1-4H3. The molecule has 0 fully saturated rings. The van der Waals surface area contributed by atoms with E-state index < -0.39 is 0 Å². The average Bonchev–Trinajstić information content (AvgIpc) is 2.27. The molecule has 0 aliphatic carbocycles. The monoisotopic (exact) mass is 312 g/mol. The molecule has 0 unspecified atom stereocenters. The topological polar surface area (TPSA) is 23.6 Å². The second-order valence-electron chi connectivity index (χ2n) is 4.87. The van der Waals surface area contributed by atoms with Crippen LogP contribution in [0.4, 0.5) is 0 Å². The molecule has 1 aromatic carbocycles. The van der Waals surface area contributed by atoms with Crippen molar-refractivity contribution in [3.05, 3.63) is 33.8 Å². The number of hydrogen-bond donors (Lipinski definition) is 0. The third kappa shape index (κ3) is 4.42. The molecule has 100 valence electrons. The number of carbonyl (C=O) groups is 1. The maximum absolute atomic E-state index is 12.2. The smallest absolute Gasteiger partial charge is 0.254 e. The van der Waals surface area contributed by atoms with E-state index in [1.807, 2.05) is 46.3 Å². The van der Waals surface area contributed by atoms with Crippen molar-refractivity contribution in [1.82, 2.24) is 9.80 Å². The third-order valence-electron chi connectivity index (χ3n) is 2.80. The molecule has 1 aromatic rings. The highest BCUT2D eigenvalue weighted by molar-refractivity contribution is 9.10. The molecule has 3 nitrogen and oxygen atoms in total. The lowest BCUT2D eigenvalue weighted by molar-refractivity contribution is 0.0790. The summed E-state index contributed by atoms with van der Waals surface area (Å²) in [5, 5.41) is 0. The van der Waals surface area contributed by atoms with Crippen molar-refractivity contribution in [2.45, 2.75) is 13.3 Å². The first kappa shape index (κ1) is 15.2. The Kier molecular flexibility index (Phi) is 5.82. The van der Waals surface area contributed by atoms with Gasteiger partial charge in [-0.3, -0.25) is 4.79 Å². The molecule has 0 N–H and O–H groups in total. The predicted molar refractivity (Wildman–Crippen MR) is 79.0 cm³/mol. The van der Waals surface area contributed by atoms with Gasteiger partial charge in [0.2, 0.25) is 0 Å². The lowest BCUT2D eigenvalue weighted by atomic mass is 10.1. The largest absolute Gasteiger partial charge is 0.342 e. The Morgan fingerprint density at radius 3 is 2.44 bits per heavy atom. The first-order valence-electron chi connectivity index (χ1n) is 6.08. The number of halogens is 1. The van der Waals surface area contributed by atoms with E-state index in [2.05, 4.69) is 20.8 Å². The molecular formula is C14H21BrN2O. The lowest BCUT2D eigenvalue weighted by Crippen LogP contribution is -2.30. The van der Waals surface area contributed by atoms with Crippen LogP contribution in [0.3, 0.4) is 0 Å². The van der Waals surface area contributed by atoms with Gasteiger partial charge in [0.1, 0.15) is 0 Å². The van der Waals surface area contributed by atoms with E-state index in [4.69, 9.17) is 0 Å². The summed E-state index contributed by atoms with van der Waals surface area (Å²) >= 11 is 3.45. The minimum Gasteiger partial charge on any atom is -0.342 e. The second-order valence-corrected chi connectivity index (χ2v) is 5.72. The molecule has 0 radical (unpaired) electrons. The van der Waals surface area contributed by atoms with E-state index in [1.165, 1.54) is 0 Å². The summed E-state index contributed by atoms with van der Waals surface area (Å²) in [5.74, 6) is 0.0700. The van der Waals surface area contributed by atoms with Crippen LogP contribution in [-0.4, -0.2) is 49.9 Å². The lowest BCUT2D eigenvalue weighted by Gasteiger charge is -2.19. The Hall–Kier alpha value is -0.870. The van der Waals surface area contributed by atoms with Gasteiger partial charge in [-0.1, -0.05) is 6.07 Å². The molecule has 0 bridgehead atoms. The fraction of sp³-hybridized carbons (Fsp3) is 0.500. The van der Waals surface area contributed by atoms with Gasteiger partial charge in [-0.25, -0.2) is 0 Å². The van der Waals surface area contributed by atoms with Crippen molar-refractivity contribution in [2.24, 2.45) is 0 Å². The normalized spacial score (nSPS) is 10.8. The molecule has 18 heavy (non-hydrogen) atoms. The van der Waals surface area contributed by atoms with Crippen LogP contribution >= 0.6 is 15.9 Å². The van der Waals surface area contributed by atoms with Gasteiger partial charge in [0.25, 0.3) is 5.91 Å².